The fourth-order valence-electron chi connectivity index (χ4n) is 4.33. The van der Waals surface area contributed by atoms with Gasteiger partial charge in [0, 0.05) is 19.3 Å². The zero-order valence-corrected chi connectivity index (χ0v) is 26.4. The van der Waals surface area contributed by atoms with Gasteiger partial charge in [0.05, 0.1) is 27.2 Å². The Balaban J connectivity index is 4.32. The van der Waals surface area contributed by atoms with Gasteiger partial charge in [-0.2, -0.15) is 0 Å². The largest absolute Gasteiger partial charge is 0.774 e. The highest BCUT2D eigenvalue weighted by molar-refractivity contribution is 7.51. The maximum Gasteiger partial charge on any atom is 0.305 e. The van der Waals surface area contributed by atoms with Gasteiger partial charge in [0.1, 0.15) is 12.7 Å². The average Bonchev–Trinajstić information content (AvgIpc) is 2.90. The first-order valence-corrected chi connectivity index (χ1v) is 16.8. The van der Waals surface area contributed by atoms with Gasteiger partial charge in [-0.1, -0.05) is 63.8 Å². The van der Waals surface area contributed by atoms with E-state index in [-0.39, 0.29) is 30.5 Å². The second-order valence-corrected chi connectivity index (χ2v) is 13.1. The maximum atomic E-state index is 13.0. The van der Waals surface area contributed by atoms with E-state index in [1.54, 1.807) is 14.1 Å². The number of hydrogen-bond acceptors (Lipinski definition) is 8. The number of quaternary nitrogens is 1. The Morgan fingerprint density at radius 2 is 1.38 bits per heavy atom. The van der Waals surface area contributed by atoms with Crippen LogP contribution in [0, 0.1) is 0 Å². The summed E-state index contributed by atoms with van der Waals surface area (Å²) >= 11 is 0. The first kappa shape index (κ1) is 38.9. The average molecular weight is 592 g/mol. The SMILES string of the molecule is CCCC/C=C\CCCC/C=C\CCCC(=O)OC[C@@H](O)COP(=O)([O-])C(CCCCC)[N+](C)(C)CCC(O)O. The minimum Gasteiger partial charge on any atom is -0.774 e. The van der Waals surface area contributed by atoms with E-state index in [1.807, 2.05) is 6.92 Å². The van der Waals surface area contributed by atoms with Gasteiger partial charge < -0.3 is 38.5 Å². The summed E-state index contributed by atoms with van der Waals surface area (Å²) in [4.78, 5) is 25.0. The quantitative estimate of drug-likeness (QED) is 0.0313. The molecule has 0 aliphatic rings. The summed E-state index contributed by atoms with van der Waals surface area (Å²) in [5.74, 6) is -1.33. The van der Waals surface area contributed by atoms with Crippen LogP contribution >= 0.6 is 7.60 Å². The number of carbonyl (C=O) groups excluding carboxylic acids is 1. The fourth-order valence-corrected chi connectivity index (χ4v) is 6.26. The van der Waals surface area contributed by atoms with Crippen molar-refractivity contribution < 1.29 is 43.3 Å². The third kappa shape index (κ3) is 20.8. The topological polar surface area (TPSA) is 136 Å². The lowest BCUT2D eigenvalue weighted by atomic mass is 10.1. The third-order valence-electron chi connectivity index (χ3n) is 6.89. The van der Waals surface area contributed by atoms with E-state index in [0.29, 0.717) is 19.3 Å². The van der Waals surface area contributed by atoms with Crippen molar-refractivity contribution in [1.29, 1.82) is 0 Å². The highest BCUT2D eigenvalue weighted by atomic mass is 31.2. The van der Waals surface area contributed by atoms with E-state index < -0.39 is 38.3 Å². The number of allylic oxidation sites excluding steroid dienone is 4. The van der Waals surface area contributed by atoms with E-state index in [1.165, 1.54) is 25.7 Å². The highest BCUT2D eigenvalue weighted by Gasteiger charge is 2.38. The summed E-state index contributed by atoms with van der Waals surface area (Å²) in [5.41, 5.74) is 0. The Kier molecular flexibility index (Phi) is 22.9. The van der Waals surface area contributed by atoms with E-state index in [0.717, 1.165) is 38.5 Å². The van der Waals surface area contributed by atoms with Gasteiger partial charge in [-0.25, -0.2) is 0 Å². The van der Waals surface area contributed by atoms with Gasteiger partial charge in [0.15, 0.2) is 19.7 Å². The molecule has 0 aromatic carbocycles. The number of aliphatic hydroxyl groups is 3. The van der Waals surface area contributed by atoms with Crippen molar-refractivity contribution in [3.8, 4) is 0 Å². The van der Waals surface area contributed by atoms with E-state index in [4.69, 9.17) is 9.26 Å². The monoisotopic (exact) mass is 591 g/mol. The molecule has 236 valence electrons. The van der Waals surface area contributed by atoms with Crippen LogP contribution in [0.2, 0.25) is 0 Å². The Morgan fingerprint density at radius 3 is 1.93 bits per heavy atom. The number of unbranched alkanes of at least 4 members (excludes halogenated alkanes) is 8. The number of esters is 1. The summed E-state index contributed by atoms with van der Waals surface area (Å²) in [7, 11) is -0.989. The van der Waals surface area contributed by atoms with Gasteiger partial charge in [-0.15, -0.1) is 0 Å². The molecule has 0 saturated carbocycles. The molecule has 0 amide bonds. The first-order chi connectivity index (χ1) is 19.0. The lowest BCUT2D eigenvalue weighted by Crippen LogP contribution is -2.51. The van der Waals surface area contributed by atoms with Crippen LogP contribution in [0.4, 0.5) is 0 Å². The van der Waals surface area contributed by atoms with Crippen molar-refractivity contribution in [3.05, 3.63) is 24.3 Å². The molecule has 0 aromatic rings. The van der Waals surface area contributed by atoms with Gasteiger partial charge in [0.25, 0.3) is 0 Å². The highest BCUT2D eigenvalue weighted by Crippen LogP contribution is 2.49. The number of hydrogen-bond donors (Lipinski definition) is 3. The molecule has 0 saturated heterocycles. The molecule has 0 bridgehead atoms. The molecule has 3 N–H and O–H groups in total. The summed E-state index contributed by atoms with van der Waals surface area (Å²) in [6.07, 6.45) is 18.6. The van der Waals surface area contributed by atoms with Crippen LogP contribution in [0.1, 0.15) is 110 Å². The van der Waals surface area contributed by atoms with Crippen molar-refractivity contribution in [2.45, 2.75) is 128 Å². The van der Waals surface area contributed by atoms with Crippen LogP contribution in [0.15, 0.2) is 24.3 Å². The Bertz CT molecular complexity index is 741. The second kappa shape index (κ2) is 23.5. The predicted molar refractivity (Wildman–Crippen MR) is 158 cm³/mol. The molecule has 3 atom stereocenters. The molecule has 0 aromatic heterocycles. The molecule has 0 radical (unpaired) electrons. The van der Waals surface area contributed by atoms with Crippen LogP contribution in [0.3, 0.4) is 0 Å². The smallest absolute Gasteiger partial charge is 0.305 e. The van der Waals surface area contributed by atoms with Gasteiger partial charge in [0.2, 0.25) is 0 Å². The fraction of sp³-hybridized carbons (Fsp3) is 0.833. The van der Waals surface area contributed by atoms with E-state index >= 15 is 0 Å². The summed E-state index contributed by atoms with van der Waals surface area (Å²) in [6, 6.07) is 0. The van der Waals surface area contributed by atoms with Crippen LogP contribution in [-0.2, 0) is 18.6 Å². The zero-order chi connectivity index (χ0) is 30.3. The predicted octanol–water partition coefficient (Wildman–Crippen LogP) is 5.18. The summed E-state index contributed by atoms with van der Waals surface area (Å²) in [6.45, 7) is 3.62. The van der Waals surface area contributed by atoms with Gasteiger partial charge >= 0.3 is 5.97 Å². The van der Waals surface area contributed by atoms with Crippen molar-refractivity contribution in [2.24, 2.45) is 0 Å². The molecule has 0 fully saturated rings. The second-order valence-electron chi connectivity index (χ2n) is 11.2. The zero-order valence-electron chi connectivity index (χ0n) is 25.5. The standard InChI is InChI=1S/C30H58NO8P/c1-5-7-9-10-11-12-13-14-15-16-17-18-20-22-30(35)38-25-27(32)26-39-40(36,37)28(21-19-8-6-2)31(3,4)24-23-29(33)34/h10-11,16-17,27-29,32-34H,5-9,12-15,18-26H2,1-4H3/b11-10-,17-16-/t27-,28?/m1/s1. The number of nitrogens with zero attached hydrogens (tertiary/aromatic N) is 1. The van der Waals surface area contributed by atoms with Crippen LogP contribution in [-0.4, -0.2) is 77.8 Å². The number of ether oxygens (including phenoxy) is 1. The molecule has 0 heterocycles. The molecule has 0 aliphatic carbocycles. The minimum absolute atomic E-state index is 0.0120. The molecule has 0 spiro atoms. The third-order valence-corrected chi connectivity index (χ3v) is 9.01. The van der Waals surface area contributed by atoms with Crippen LogP contribution < -0.4 is 4.89 Å². The summed E-state index contributed by atoms with van der Waals surface area (Å²) < 4.78 is 23.4. The first-order valence-electron chi connectivity index (χ1n) is 15.2. The Labute approximate surface area is 243 Å². The molecule has 0 rings (SSSR count). The van der Waals surface area contributed by atoms with Gasteiger partial charge in [-0.05, 0) is 51.4 Å². The van der Waals surface area contributed by atoms with Crippen molar-refractivity contribution in [3.63, 3.8) is 0 Å². The number of aliphatic hydroxyl groups excluding tert-OH is 2. The lowest BCUT2D eigenvalue weighted by Gasteiger charge is -2.44. The Hall–Kier alpha value is -1.06. The minimum atomic E-state index is -4.42. The van der Waals surface area contributed by atoms with Crippen molar-refractivity contribution in [2.75, 3.05) is 33.9 Å². The maximum absolute atomic E-state index is 13.0. The molecule has 40 heavy (non-hydrogen) atoms. The van der Waals surface area contributed by atoms with E-state index in [2.05, 4.69) is 31.2 Å². The molecular weight excluding hydrogens is 533 g/mol. The van der Waals surface area contributed by atoms with Gasteiger partial charge in [-0.3, -0.25) is 4.79 Å². The molecule has 2 unspecified atom stereocenters. The molecule has 9 nitrogen and oxygen atoms in total. The summed E-state index contributed by atoms with van der Waals surface area (Å²) in [5, 5.41) is 28.6. The van der Waals surface area contributed by atoms with Crippen molar-refractivity contribution in [1.82, 2.24) is 0 Å². The van der Waals surface area contributed by atoms with Crippen LogP contribution in [0.25, 0.3) is 0 Å². The van der Waals surface area contributed by atoms with Crippen LogP contribution in [0.5, 0.6) is 0 Å². The normalized spacial score (nSPS) is 15.6. The number of carbonyl (C=O) groups is 1. The molecule has 0 aliphatic heterocycles. The van der Waals surface area contributed by atoms with Crippen molar-refractivity contribution >= 4 is 13.6 Å². The lowest BCUT2D eigenvalue weighted by molar-refractivity contribution is -0.905. The van der Waals surface area contributed by atoms with E-state index in [9.17, 15) is 29.6 Å². The molecule has 10 heteroatoms. The number of rotatable bonds is 26. The molecular formula is C30H58NO8P. The Morgan fingerprint density at radius 1 is 0.825 bits per heavy atom.